The molecule has 1 aromatic carbocycles. The minimum absolute atomic E-state index is 0.0459. The van der Waals surface area contributed by atoms with Crippen molar-refractivity contribution in [3.8, 4) is 28.1 Å². The number of hydrogen-bond acceptors (Lipinski definition) is 5. The van der Waals surface area contributed by atoms with Crippen LogP contribution in [0.5, 0.6) is 5.75 Å². The van der Waals surface area contributed by atoms with Gasteiger partial charge in [-0.3, -0.25) is 0 Å². The summed E-state index contributed by atoms with van der Waals surface area (Å²) in [7, 11) is 1.86. The van der Waals surface area contributed by atoms with Crippen LogP contribution in [0, 0.1) is 11.8 Å². The van der Waals surface area contributed by atoms with Gasteiger partial charge in [-0.2, -0.15) is 13.9 Å². The SMILES string of the molecule is CN(c1ccc(-c2ccc(-c3cnn(C(F)F)c3)cc2O)nn1)[C@@H]1C[C@H]2CC[C@H](C2)[C@@H]1F. The quantitative estimate of drug-likeness (QED) is 0.596. The first kappa shape index (κ1) is 20.8. The van der Waals surface area contributed by atoms with Gasteiger partial charge in [-0.25, -0.2) is 9.07 Å². The van der Waals surface area contributed by atoms with Crippen molar-refractivity contribution in [3.63, 3.8) is 0 Å². The highest BCUT2D eigenvalue weighted by Crippen LogP contribution is 2.45. The summed E-state index contributed by atoms with van der Waals surface area (Å²) < 4.78 is 41.0. The summed E-state index contributed by atoms with van der Waals surface area (Å²) >= 11 is 0. The molecule has 1 N–H and O–H groups in total. The Labute approximate surface area is 183 Å². The van der Waals surface area contributed by atoms with Crippen molar-refractivity contribution in [2.24, 2.45) is 11.8 Å². The Hall–Kier alpha value is -3.10. The van der Waals surface area contributed by atoms with E-state index in [0.717, 1.165) is 25.7 Å². The van der Waals surface area contributed by atoms with Crippen molar-refractivity contribution in [2.75, 3.05) is 11.9 Å². The number of halogens is 3. The molecule has 2 aliphatic rings. The van der Waals surface area contributed by atoms with Crippen molar-refractivity contribution in [3.05, 3.63) is 42.7 Å². The van der Waals surface area contributed by atoms with Crippen molar-refractivity contribution in [1.82, 2.24) is 20.0 Å². The summed E-state index contributed by atoms with van der Waals surface area (Å²) in [6.45, 7) is -2.72. The first-order chi connectivity index (χ1) is 15.4. The molecule has 0 radical (unpaired) electrons. The lowest BCUT2D eigenvalue weighted by atomic mass is 9.83. The van der Waals surface area contributed by atoms with Crippen LogP contribution in [0.25, 0.3) is 22.4 Å². The number of aromatic nitrogens is 4. The molecule has 6 nitrogen and oxygen atoms in total. The topological polar surface area (TPSA) is 67.1 Å². The van der Waals surface area contributed by atoms with Gasteiger partial charge in [-0.1, -0.05) is 6.07 Å². The van der Waals surface area contributed by atoms with E-state index >= 15 is 0 Å². The Morgan fingerprint density at radius 1 is 1.09 bits per heavy atom. The highest BCUT2D eigenvalue weighted by molar-refractivity contribution is 5.74. The molecule has 0 spiro atoms. The van der Waals surface area contributed by atoms with Gasteiger partial charge in [0.1, 0.15) is 11.9 Å². The molecule has 2 heterocycles. The minimum Gasteiger partial charge on any atom is -0.507 e. The lowest BCUT2D eigenvalue weighted by Gasteiger charge is -2.38. The molecular weight excluding hydrogens is 419 g/mol. The smallest absolute Gasteiger partial charge is 0.333 e. The van der Waals surface area contributed by atoms with E-state index in [1.54, 1.807) is 24.3 Å². The molecule has 2 fully saturated rings. The van der Waals surface area contributed by atoms with Crippen molar-refractivity contribution in [2.45, 2.75) is 44.4 Å². The van der Waals surface area contributed by atoms with Crippen LogP contribution in [0.15, 0.2) is 42.7 Å². The third-order valence-corrected chi connectivity index (χ3v) is 6.89. The number of benzene rings is 1. The Balaban J connectivity index is 1.34. The zero-order valence-electron chi connectivity index (χ0n) is 17.6. The van der Waals surface area contributed by atoms with Gasteiger partial charge in [-0.15, -0.1) is 10.2 Å². The molecule has 4 atom stereocenters. The Morgan fingerprint density at radius 3 is 2.62 bits per heavy atom. The molecule has 0 amide bonds. The van der Waals surface area contributed by atoms with Crippen LogP contribution in [-0.2, 0) is 0 Å². The van der Waals surface area contributed by atoms with Crippen LogP contribution in [0.1, 0.15) is 32.2 Å². The van der Waals surface area contributed by atoms with Crippen molar-refractivity contribution in [1.29, 1.82) is 0 Å². The summed E-state index contributed by atoms with van der Waals surface area (Å²) in [6.07, 6.45) is 5.60. The largest absolute Gasteiger partial charge is 0.507 e. The molecule has 0 aliphatic heterocycles. The zero-order valence-corrected chi connectivity index (χ0v) is 17.6. The second-order valence-electron chi connectivity index (χ2n) is 8.79. The van der Waals surface area contributed by atoms with Gasteiger partial charge in [-0.05, 0) is 67.3 Å². The number of hydrogen-bond donors (Lipinski definition) is 1. The fraction of sp³-hybridized carbons (Fsp3) is 0.435. The monoisotopic (exact) mass is 443 g/mol. The maximum absolute atomic E-state index is 14.9. The molecule has 2 aromatic heterocycles. The summed E-state index contributed by atoms with van der Waals surface area (Å²) in [6, 6.07) is 8.18. The summed E-state index contributed by atoms with van der Waals surface area (Å²) in [5, 5.41) is 22.6. The lowest BCUT2D eigenvalue weighted by molar-refractivity contribution is 0.0566. The minimum atomic E-state index is -2.72. The van der Waals surface area contributed by atoms with Gasteiger partial charge in [0, 0.05) is 24.4 Å². The molecule has 2 bridgehead atoms. The predicted octanol–water partition coefficient (Wildman–Crippen LogP) is 5.07. The fourth-order valence-electron chi connectivity index (χ4n) is 5.12. The standard InChI is InChI=1S/C23H24F3N5O/c1-30(19-9-13-2-3-15(8-13)22(19)24)21-7-6-18(28-29-21)17-5-4-14(10-20(17)32)16-11-27-31(12-16)23(25)26/h4-7,10-13,15,19,22-23,32H,2-3,8-9H2,1H3/t13-,15+,19+,22-/m0/s1. The van der Waals surface area contributed by atoms with E-state index in [0.29, 0.717) is 38.8 Å². The van der Waals surface area contributed by atoms with Gasteiger partial charge < -0.3 is 10.0 Å². The number of aromatic hydroxyl groups is 1. The lowest BCUT2D eigenvalue weighted by Crippen LogP contribution is -2.46. The maximum atomic E-state index is 14.9. The highest BCUT2D eigenvalue weighted by atomic mass is 19.3. The predicted molar refractivity (Wildman–Crippen MR) is 114 cm³/mol. The Morgan fingerprint density at radius 2 is 1.94 bits per heavy atom. The number of phenols is 1. The third-order valence-electron chi connectivity index (χ3n) is 6.89. The second-order valence-corrected chi connectivity index (χ2v) is 8.79. The van der Waals surface area contributed by atoms with E-state index < -0.39 is 12.7 Å². The molecule has 5 rings (SSSR count). The van der Waals surface area contributed by atoms with Crippen molar-refractivity contribution < 1.29 is 18.3 Å². The summed E-state index contributed by atoms with van der Waals surface area (Å²) in [5.74, 6) is 1.29. The van der Waals surface area contributed by atoms with E-state index in [-0.39, 0.29) is 17.7 Å². The average Bonchev–Trinajstić information content (AvgIpc) is 3.44. The first-order valence-corrected chi connectivity index (χ1v) is 10.8. The number of rotatable bonds is 5. The molecule has 3 aromatic rings. The van der Waals surface area contributed by atoms with Crippen LogP contribution in [-0.4, -0.2) is 44.3 Å². The van der Waals surface area contributed by atoms with Crippen LogP contribution in [0.4, 0.5) is 19.0 Å². The van der Waals surface area contributed by atoms with E-state index in [2.05, 4.69) is 15.3 Å². The molecule has 9 heteroatoms. The van der Waals surface area contributed by atoms with Gasteiger partial charge in [0.15, 0.2) is 5.82 Å². The molecule has 0 unspecified atom stereocenters. The number of alkyl halides is 3. The number of anilines is 1. The van der Waals surface area contributed by atoms with Crippen LogP contribution in [0.3, 0.4) is 0 Å². The Bertz CT molecular complexity index is 1100. The number of nitrogens with zero attached hydrogens (tertiary/aromatic N) is 5. The van der Waals surface area contributed by atoms with Gasteiger partial charge in [0.2, 0.25) is 0 Å². The summed E-state index contributed by atoms with van der Waals surface area (Å²) in [4.78, 5) is 1.88. The molecular formula is C23H24F3N5O. The molecule has 32 heavy (non-hydrogen) atoms. The van der Waals surface area contributed by atoms with Crippen LogP contribution >= 0.6 is 0 Å². The molecule has 2 saturated carbocycles. The van der Waals surface area contributed by atoms with Gasteiger partial charge >= 0.3 is 6.55 Å². The normalized spacial score (nSPS) is 24.8. The second kappa shape index (κ2) is 8.11. The van der Waals surface area contributed by atoms with Crippen LogP contribution < -0.4 is 4.90 Å². The number of fused-ring (bicyclic) bond motifs is 2. The van der Waals surface area contributed by atoms with E-state index in [9.17, 15) is 18.3 Å². The van der Waals surface area contributed by atoms with Gasteiger partial charge in [0.05, 0.1) is 17.9 Å². The van der Waals surface area contributed by atoms with Crippen molar-refractivity contribution >= 4 is 5.82 Å². The molecule has 168 valence electrons. The Kier molecular flexibility index (Phi) is 5.27. The first-order valence-electron chi connectivity index (χ1n) is 10.8. The van der Waals surface area contributed by atoms with E-state index in [1.165, 1.54) is 18.5 Å². The third kappa shape index (κ3) is 3.69. The average molecular weight is 443 g/mol. The summed E-state index contributed by atoms with van der Waals surface area (Å²) in [5.41, 5.74) is 1.96. The van der Waals surface area contributed by atoms with E-state index in [4.69, 9.17) is 0 Å². The number of phenolic OH excluding ortho intramolecular Hbond substituents is 1. The highest BCUT2D eigenvalue weighted by Gasteiger charge is 2.44. The van der Waals surface area contributed by atoms with E-state index in [1.807, 2.05) is 11.9 Å². The molecule has 2 aliphatic carbocycles. The van der Waals surface area contributed by atoms with Crippen LogP contribution in [0.2, 0.25) is 0 Å². The molecule has 0 saturated heterocycles. The zero-order chi connectivity index (χ0) is 22.4. The maximum Gasteiger partial charge on any atom is 0.333 e. The van der Waals surface area contributed by atoms with Gasteiger partial charge in [0.25, 0.3) is 0 Å². The fourth-order valence-corrected chi connectivity index (χ4v) is 5.12.